The highest BCUT2D eigenvalue weighted by molar-refractivity contribution is 5.73. The second kappa shape index (κ2) is 5.18. The van der Waals surface area contributed by atoms with E-state index >= 15 is 0 Å². The molecule has 0 fully saturated rings. The normalized spacial score (nSPS) is 13.5. The van der Waals surface area contributed by atoms with E-state index in [9.17, 15) is 5.11 Å². The molecule has 0 radical (unpaired) electrons. The predicted octanol–water partition coefficient (Wildman–Crippen LogP) is 3.20. The lowest BCUT2D eigenvalue weighted by molar-refractivity contribution is 0.0540. The minimum absolute atomic E-state index is 0.323. The standard InChI is InChI=1S/C17H20N4O/c1-11-18-10-13-15(19-11)21(12-8-6-5-7-9-12)16(20-13)14(22)17(2,3)4/h5-10,14,22H,1-4H3. The molecule has 3 aromatic rings. The largest absolute Gasteiger partial charge is 0.385 e. The van der Waals surface area contributed by atoms with E-state index in [0.29, 0.717) is 17.2 Å². The van der Waals surface area contributed by atoms with Gasteiger partial charge in [0.1, 0.15) is 23.3 Å². The van der Waals surface area contributed by atoms with E-state index < -0.39 is 6.10 Å². The predicted molar refractivity (Wildman–Crippen MR) is 85.8 cm³/mol. The van der Waals surface area contributed by atoms with Gasteiger partial charge in [-0.15, -0.1) is 0 Å². The van der Waals surface area contributed by atoms with E-state index in [4.69, 9.17) is 0 Å². The number of aliphatic hydroxyl groups excluding tert-OH is 1. The average Bonchev–Trinajstić information content (AvgIpc) is 2.84. The van der Waals surface area contributed by atoms with Crippen molar-refractivity contribution >= 4 is 11.2 Å². The minimum Gasteiger partial charge on any atom is -0.385 e. The summed E-state index contributed by atoms with van der Waals surface area (Å²) in [5.41, 5.74) is 2.02. The Balaban J connectivity index is 2.32. The third-order valence-corrected chi connectivity index (χ3v) is 3.63. The molecule has 1 unspecified atom stereocenters. The first kappa shape index (κ1) is 14.7. The summed E-state index contributed by atoms with van der Waals surface area (Å²) >= 11 is 0. The van der Waals surface area contributed by atoms with Crippen LogP contribution >= 0.6 is 0 Å². The van der Waals surface area contributed by atoms with Gasteiger partial charge < -0.3 is 5.11 Å². The highest BCUT2D eigenvalue weighted by atomic mass is 16.3. The number of hydrogen-bond donors (Lipinski definition) is 1. The molecule has 1 aromatic carbocycles. The third kappa shape index (κ3) is 2.48. The van der Waals surface area contributed by atoms with Crippen LogP contribution in [0.1, 0.15) is 38.5 Å². The minimum atomic E-state index is -0.706. The maximum Gasteiger partial charge on any atom is 0.168 e. The van der Waals surface area contributed by atoms with Crippen LogP contribution in [0.5, 0.6) is 0 Å². The van der Waals surface area contributed by atoms with Crippen molar-refractivity contribution in [2.75, 3.05) is 0 Å². The van der Waals surface area contributed by atoms with E-state index in [-0.39, 0.29) is 5.41 Å². The van der Waals surface area contributed by atoms with E-state index in [1.165, 1.54) is 0 Å². The van der Waals surface area contributed by atoms with Crippen molar-refractivity contribution in [3.63, 3.8) is 0 Å². The fourth-order valence-electron chi connectivity index (χ4n) is 2.38. The lowest BCUT2D eigenvalue weighted by Gasteiger charge is -2.25. The van der Waals surface area contributed by atoms with Gasteiger partial charge in [0.25, 0.3) is 0 Å². The van der Waals surface area contributed by atoms with Gasteiger partial charge in [-0.3, -0.25) is 4.57 Å². The summed E-state index contributed by atoms with van der Waals surface area (Å²) in [6, 6.07) is 9.85. The molecule has 1 atom stereocenters. The number of rotatable bonds is 2. The molecule has 3 rings (SSSR count). The molecule has 5 heteroatoms. The van der Waals surface area contributed by atoms with Crippen molar-refractivity contribution in [1.82, 2.24) is 19.5 Å². The van der Waals surface area contributed by atoms with Gasteiger partial charge in [-0.25, -0.2) is 15.0 Å². The number of benzene rings is 1. The Kier molecular flexibility index (Phi) is 3.45. The molecule has 0 spiro atoms. The molecule has 0 amide bonds. The van der Waals surface area contributed by atoms with Crippen molar-refractivity contribution < 1.29 is 5.11 Å². The fourth-order valence-corrected chi connectivity index (χ4v) is 2.38. The lowest BCUT2D eigenvalue weighted by Crippen LogP contribution is -2.21. The van der Waals surface area contributed by atoms with Crippen molar-refractivity contribution in [2.24, 2.45) is 5.41 Å². The molecule has 0 aliphatic rings. The van der Waals surface area contributed by atoms with Crippen LogP contribution < -0.4 is 0 Å². The van der Waals surface area contributed by atoms with Crippen molar-refractivity contribution in [1.29, 1.82) is 0 Å². The van der Waals surface area contributed by atoms with Crippen LogP contribution in [0.15, 0.2) is 36.5 Å². The number of imidazole rings is 1. The van der Waals surface area contributed by atoms with Crippen LogP contribution in [0.2, 0.25) is 0 Å². The molecule has 22 heavy (non-hydrogen) atoms. The molecule has 0 aliphatic heterocycles. The number of aryl methyl sites for hydroxylation is 1. The number of para-hydroxylation sites is 1. The Morgan fingerprint density at radius 1 is 1.09 bits per heavy atom. The Bertz CT molecular complexity index is 803. The Hall–Kier alpha value is -2.27. The Labute approximate surface area is 129 Å². The molecule has 5 nitrogen and oxygen atoms in total. The van der Waals surface area contributed by atoms with Gasteiger partial charge >= 0.3 is 0 Å². The maximum atomic E-state index is 10.7. The summed E-state index contributed by atoms with van der Waals surface area (Å²) < 4.78 is 1.92. The second-order valence-electron chi connectivity index (χ2n) is 6.54. The zero-order valence-corrected chi connectivity index (χ0v) is 13.3. The lowest BCUT2D eigenvalue weighted by atomic mass is 9.88. The van der Waals surface area contributed by atoms with Gasteiger partial charge in [-0.2, -0.15) is 0 Å². The molecule has 0 bridgehead atoms. The summed E-state index contributed by atoms with van der Waals surface area (Å²) in [4.78, 5) is 13.3. The average molecular weight is 296 g/mol. The maximum absolute atomic E-state index is 10.7. The molecule has 0 aliphatic carbocycles. The fraction of sp³-hybridized carbons (Fsp3) is 0.353. The van der Waals surface area contributed by atoms with Gasteiger partial charge in [-0.05, 0) is 24.5 Å². The molecular formula is C17H20N4O. The van der Waals surface area contributed by atoms with Gasteiger partial charge in [0.05, 0.1) is 6.20 Å². The van der Waals surface area contributed by atoms with Crippen LogP contribution in [0.4, 0.5) is 0 Å². The summed E-state index contributed by atoms with van der Waals surface area (Å²) in [5.74, 6) is 1.27. The summed E-state index contributed by atoms with van der Waals surface area (Å²) in [5, 5.41) is 10.7. The Morgan fingerprint density at radius 3 is 2.41 bits per heavy atom. The van der Waals surface area contributed by atoms with Gasteiger partial charge in [-0.1, -0.05) is 39.0 Å². The second-order valence-corrected chi connectivity index (χ2v) is 6.54. The monoisotopic (exact) mass is 296 g/mol. The topological polar surface area (TPSA) is 63.8 Å². The Morgan fingerprint density at radius 2 is 1.77 bits per heavy atom. The van der Waals surface area contributed by atoms with Crippen LogP contribution in [0.25, 0.3) is 16.9 Å². The number of nitrogens with zero attached hydrogens (tertiary/aromatic N) is 4. The molecule has 2 aromatic heterocycles. The van der Waals surface area contributed by atoms with Crippen LogP contribution in [-0.4, -0.2) is 24.6 Å². The molecule has 0 saturated carbocycles. The van der Waals surface area contributed by atoms with E-state index in [1.54, 1.807) is 6.20 Å². The molecular weight excluding hydrogens is 276 g/mol. The first-order valence-corrected chi connectivity index (χ1v) is 7.33. The van der Waals surface area contributed by atoms with Crippen molar-refractivity contribution in [2.45, 2.75) is 33.8 Å². The quantitative estimate of drug-likeness (QED) is 0.788. The van der Waals surface area contributed by atoms with Crippen LogP contribution in [-0.2, 0) is 0 Å². The van der Waals surface area contributed by atoms with Gasteiger partial charge in [0.15, 0.2) is 5.65 Å². The number of aromatic nitrogens is 4. The summed E-state index contributed by atoms with van der Waals surface area (Å²) in [7, 11) is 0. The first-order chi connectivity index (χ1) is 10.4. The van der Waals surface area contributed by atoms with Crippen molar-refractivity contribution in [3.05, 3.63) is 48.2 Å². The molecule has 2 heterocycles. The molecule has 0 saturated heterocycles. The summed E-state index contributed by atoms with van der Waals surface area (Å²) in [6.07, 6.45) is 0.998. The number of hydrogen-bond acceptors (Lipinski definition) is 4. The zero-order chi connectivity index (χ0) is 15.9. The van der Waals surface area contributed by atoms with Gasteiger partial charge in [0.2, 0.25) is 0 Å². The van der Waals surface area contributed by atoms with Crippen LogP contribution in [0.3, 0.4) is 0 Å². The zero-order valence-electron chi connectivity index (χ0n) is 13.3. The summed E-state index contributed by atoms with van der Waals surface area (Å²) in [6.45, 7) is 7.82. The molecule has 114 valence electrons. The number of aliphatic hydroxyl groups is 1. The highest BCUT2D eigenvalue weighted by Crippen LogP contribution is 2.34. The highest BCUT2D eigenvalue weighted by Gasteiger charge is 2.30. The number of fused-ring (bicyclic) bond motifs is 1. The molecule has 1 N–H and O–H groups in total. The first-order valence-electron chi connectivity index (χ1n) is 7.33. The van der Waals surface area contributed by atoms with Gasteiger partial charge in [0, 0.05) is 5.69 Å². The smallest absolute Gasteiger partial charge is 0.168 e. The van der Waals surface area contributed by atoms with Crippen LogP contribution in [0, 0.1) is 12.3 Å². The van der Waals surface area contributed by atoms with E-state index in [2.05, 4.69) is 15.0 Å². The SMILES string of the molecule is Cc1ncc2nc(C(O)C(C)(C)C)n(-c3ccccc3)c2n1. The van der Waals surface area contributed by atoms with E-state index in [1.807, 2.05) is 62.6 Å². The van der Waals surface area contributed by atoms with E-state index in [0.717, 1.165) is 11.3 Å². The third-order valence-electron chi connectivity index (χ3n) is 3.63. The van der Waals surface area contributed by atoms with Crippen molar-refractivity contribution in [3.8, 4) is 5.69 Å².